The highest BCUT2D eigenvalue weighted by Gasteiger charge is 2.30. The Hall–Kier alpha value is -0.930. The van der Waals surface area contributed by atoms with Crippen LogP contribution in [0.15, 0.2) is 18.3 Å². The van der Waals surface area contributed by atoms with Crippen molar-refractivity contribution < 1.29 is 0 Å². The average molecular weight is 289 g/mol. The molecule has 1 aliphatic rings. The van der Waals surface area contributed by atoms with E-state index >= 15 is 0 Å². The molecule has 1 heterocycles. The molecule has 0 spiro atoms. The third-order valence-electron chi connectivity index (χ3n) is 4.79. The van der Waals surface area contributed by atoms with E-state index in [9.17, 15) is 0 Å². The monoisotopic (exact) mass is 289 g/mol. The molecular formula is C18H31N3. The molecule has 1 aromatic heterocycles. The van der Waals surface area contributed by atoms with Crippen molar-refractivity contribution in [2.24, 2.45) is 0 Å². The predicted molar refractivity (Wildman–Crippen MR) is 89.8 cm³/mol. The van der Waals surface area contributed by atoms with E-state index < -0.39 is 0 Å². The summed E-state index contributed by atoms with van der Waals surface area (Å²) < 4.78 is 0. The van der Waals surface area contributed by atoms with Crippen LogP contribution in [0.2, 0.25) is 0 Å². The molecule has 21 heavy (non-hydrogen) atoms. The second-order valence-corrected chi connectivity index (χ2v) is 6.07. The molecule has 1 aliphatic carbocycles. The fourth-order valence-electron chi connectivity index (χ4n) is 3.47. The van der Waals surface area contributed by atoms with Crippen molar-refractivity contribution in [2.75, 3.05) is 26.2 Å². The van der Waals surface area contributed by atoms with Crippen LogP contribution in [0, 0.1) is 0 Å². The fraction of sp³-hybridized carbons (Fsp3) is 0.722. The second kappa shape index (κ2) is 8.50. The molecule has 0 saturated heterocycles. The number of hydrogen-bond acceptors (Lipinski definition) is 3. The van der Waals surface area contributed by atoms with E-state index in [1.807, 2.05) is 6.20 Å². The molecule has 2 atom stereocenters. The Morgan fingerprint density at radius 2 is 2.14 bits per heavy atom. The van der Waals surface area contributed by atoms with Crippen LogP contribution in [0.5, 0.6) is 0 Å². The summed E-state index contributed by atoms with van der Waals surface area (Å²) in [4.78, 5) is 7.21. The van der Waals surface area contributed by atoms with Crippen LogP contribution >= 0.6 is 0 Å². The SMILES string of the molecule is CCCNC(CCN(CC)CC)C1CCc2cccnc21. The largest absolute Gasteiger partial charge is 0.313 e. The first-order chi connectivity index (χ1) is 10.3. The lowest BCUT2D eigenvalue weighted by atomic mass is 9.93. The minimum Gasteiger partial charge on any atom is -0.313 e. The Morgan fingerprint density at radius 3 is 2.86 bits per heavy atom. The summed E-state index contributed by atoms with van der Waals surface area (Å²) in [5, 5.41) is 3.79. The Kier molecular flexibility index (Phi) is 6.65. The third-order valence-corrected chi connectivity index (χ3v) is 4.79. The summed E-state index contributed by atoms with van der Waals surface area (Å²) in [6.45, 7) is 11.4. The van der Waals surface area contributed by atoms with E-state index in [1.54, 1.807) is 0 Å². The maximum Gasteiger partial charge on any atom is 0.0482 e. The number of hydrogen-bond donors (Lipinski definition) is 1. The Labute approximate surface area is 130 Å². The van der Waals surface area contributed by atoms with Crippen molar-refractivity contribution in [3.8, 4) is 0 Å². The van der Waals surface area contributed by atoms with Crippen molar-refractivity contribution >= 4 is 0 Å². The van der Waals surface area contributed by atoms with Gasteiger partial charge in [-0.1, -0.05) is 26.8 Å². The third kappa shape index (κ3) is 4.27. The minimum atomic E-state index is 0.571. The smallest absolute Gasteiger partial charge is 0.0482 e. The van der Waals surface area contributed by atoms with Gasteiger partial charge >= 0.3 is 0 Å². The lowest BCUT2D eigenvalue weighted by molar-refractivity contribution is 0.269. The van der Waals surface area contributed by atoms with Crippen molar-refractivity contribution in [2.45, 2.75) is 58.4 Å². The number of aryl methyl sites for hydroxylation is 1. The number of pyridine rings is 1. The van der Waals surface area contributed by atoms with Gasteiger partial charge in [-0.05, 0) is 63.5 Å². The van der Waals surface area contributed by atoms with Gasteiger partial charge in [0.25, 0.3) is 0 Å². The molecule has 1 aromatic rings. The number of aromatic nitrogens is 1. The summed E-state index contributed by atoms with van der Waals surface area (Å²) in [6.07, 6.45) is 6.83. The molecule has 0 amide bonds. The maximum atomic E-state index is 4.68. The zero-order chi connectivity index (χ0) is 15.1. The zero-order valence-electron chi connectivity index (χ0n) is 13.9. The van der Waals surface area contributed by atoms with Crippen LogP contribution in [-0.2, 0) is 6.42 Å². The summed E-state index contributed by atoms with van der Waals surface area (Å²) in [5.74, 6) is 0.600. The number of rotatable bonds is 9. The molecular weight excluding hydrogens is 258 g/mol. The fourth-order valence-corrected chi connectivity index (χ4v) is 3.47. The maximum absolute atomic E-state index is 4.68. The number of nitrogens with one attached hydrogen (secondary N) is 1. The van der Waals surface area contributed by atoms with E-state index in [1.165, 1.54) is 43.5 Å². The highest BCUT2D eigenvalue weighted by Crippen LogP contribution is 2.34. The van der Waals surface area contributed by atoms with Crippen molar-refractivity contribution in [1.82, 2.24) is 15.2 Å². The number of nitrogens with zero attached hydrogens (tertiary/aromatic N) is 2. The van der Waals surface area contributed by atoms with Gasteiger partial charge in [-0.25, -0.2) is 0 Å². The molecule has 0 fully saturated rings. The molecule has 2 rings (SSSR count). The molecule has 0 bridgehead atoms. The van der Waals surface area contributed by atoms with E-state index in [-0.39, 0.29) is 0 Å². The standard InChI is InChI=1S/C18H31N3/c1-4-12-19-17(11-14-21(5-2)6-3)16-10-9-15-8-7-13-20-18(15)16/h7-8,13,16-17,19H,4-6,9-12,14H2,1-3H3. The van der Waals surface area contributed by atoms with Gasteiger partial charge in [0.05, 0.1) is 0 Å². The van der Waals surface area contributed by atoms with E-state index in [2.05, 4.69) is 48.1 Å². The van der Waals surface area contributed by atoms with Gasteiger partial charge in [-0.15, -0.1) is 0 Å². The Bertz CT molecular complexity index is 415. The predicted octanol–water partition coefficient (Wildman–Crippen LogP) is 3.21. The van der Waals surface area contributed by atoms with E-state index in [0.717, 1.165) is 19.6 Å². The van der Waals surface area contributed by atoms with Gasteiger partial charge in [0.15, 0.2) is 0 Å². The van der Waals surface area contributed by atoms with Crippen molar-refractivity contribution in [3.63, 3.8) is 0 Å². The lowest BCUT2D eigenvalue weighted by Gasteiger charge is -2.28. The van der Waals surface area contributed by atoms with Crippen LogP contribution in [0.1, 0.15) is 57.2 Å². The molecule has 118 valence electrons. The summed E-state index contributed by atoms with van der Waals surface area (Å²) in [6, 6.07) is 4.90. The first-order valence-corrected chi connectivity index (χ1v) is 8.69. The normalized spacial score (nSPS) is 19.0. The molecule has 3 heteroatoms. The van der Waals surface area contributed by atoms with Gasteiger partial charge in [-0.3, -0.25) is 4.98 Å². The molecule has 0 saturated carbocycles. The summed E-state index contributed by atoms with van der Waals surface area (Å²) in [7, 11) is 0. The summed E-state index contributed by atoms with van der Waals surface area (Å²) in [5.41, 5.74) is 2.82. The molecule has 0 aliphatic heterocycles. The van der Waals surface area contributed by atoms with Crippen molar-refractivity contribution in [1.29, 1.82) is 0 Å². The van der Waals surface area contributed by atoms with Crippen LogP contribution in [0.3, 0.4) is 0 Å². The van der Waals surface area contributed by atoms with E-state index in [0.29, 0.717) is 12.0 Å². The highest BCUT2D eigenvalue weighted by atomic mass is 15.1. The van der Waals surface area contributed by atoms with E-state index in [4.69, 9.17) is 0 Å². The molecule has 2 unspecified atom stereocenters. The van der Waals surface area contributed by atoms with Gasteiger partial charge < -0.3 is 10.2 Å². The van der Waals surface area contributed by atoms with Crippen LogP contribution < -0.4 is 5.32 Å². The van der Waals surface area contributed by atoms with Crippen molar-refractivity contribution in [3.05, 3.63) is 29.6 Å². The molecule has 3 nitrogen and oxygen atoms in total. The topological polar surface area (TPSA) is 28.2 Å². The molecule has 0 radical (unpaired) electrons. The first kappa shape index (κ1) is 16.4. The average Bonchev–Trinajstić information content (AvgIpc) is 2.95. The second-order valence-electron chi connectivity index (χ2n) is 6.07. The molecule has 0 aromatic carbocycles. The number of fused-ring (bicyclic) bond motifs is 1. The van der Waals surface area contributed by atoms with Gasteiger partial charge in [0, 0.05) is 23.9 Å². The molecule has 1 N–H and O–H groups in total. The van der Waals surface area contributed by atoms with Crippen LogP contribution in [0.4, 0.5) is 0 Å². The summed E-state index contributed by atoms with van der Waals surface area (Å²) >= 11 is 0. The minimum absolute atomic E-state index is 0.571. The quantitative estimate of drug-likeness (QED) is 0.756. The van der Waals surface area contributed by atoms with Crippen LogP contribution in [0.25, 0.3) is 0 Å². The Morgan fingerprint density at radius 1 is 1.33 bits per heavy atom. The van der Waals surface area contributed by atoms with Gasteiger partial charge in [0.1, 0.15) is 0 Å². The zero-order valence-corrected chi connectivity index (χ0v) is 13.9. The Balaban J connectivity index is 2.02. The highest BCUT2D eigenvalue weighted by molar-refractivity contribution is 5.30. The van der Waals surface area contributed by atoms with Gasteiger partial charge in [-0.2, -0.15) is 0 Å². The lowest BCUT2D eigenvalue weighted by Crippen LogP contribution is -2.38. The van der Waals surface area contributed by atoms with Gasteiger partial charge in [0.2, 0.25) is 0 Å². The van der Waals surface area contributed by atoms with Crippen LogP contribution in [-0.4, -0.2) is 42.1 Å². The first-order valence-electron chi connectivity index (χ1n) is 8.69.